The standard InChI is InChI=1S/C25H36N2O3S/c1-18(25-15-20-11-21(16-25)13-22(12-20)17-25)26-24(28)14-19-5-7-23(8-6-19)31(29,30)27-9-3-2-4-10-27/h5-8,18,20-22H,2-4,9-17H2,1H3,(H,26,28). The molecule has 1 atom stereocenters. The first-order valence-corrected chi connectivity index (χ1v) is 13.7. The van der Waals surface area contributed by atoms with E-state index in [0.29, 0.717) is 29.8 Å². The van der Waals surface area contributed by atoms with E-state index in [-0.39, 0.29) is 11.9 Å². The Kier molecular flexibility index (Phi) is 5.66. The molecule has 1 aromatic rings. The van der Waals surface area contributed by atoms with Gasteiger partial charge in [0.05, 0.1) is 11.3 Å². The van der Waals surface area contributed by atoms with Gasteiger partial charge in [-0.15, -0.1) is 0 Å². The van der Waals surface area contributed by atoms with Gasteiger partial charge in [-0.1, -0.05) is 18.6 Å². The van der Waals surface area contributed by atoms with Crippen molar-refractivity contribution < 1.29 is 13.2 Å². The number of hydrogen-bond donors (Lipinski definition) is 1. The Morgan fingerprint density at radius 1 is 1.00 bits per heavy atom. The zero-order valence-electron chi connectivity index (χ0n) is 18.7. The minimum absolute atomic E-state index is 0.0508. The number of nitrogens with one attached hydrogen (secondary N) is 1. The van der Waals surface area contributed by atoms with Gasteiger partial charge in [0, 0.05) is 19.1 Å². The van der Waals surface area contributed by atoms with Gasteiger partial charge < -0.3 is 5.32 Å². The highest BCUT2D eigenvalue weighted by molar-refractivity contribution is 7.89. The van der Waals surface area contributed by atoms with Crippen LogP contribution in [-0.2, 0) is 21.2 Å². The average Bonchev–Trinajstić information content (AvgIpc) is 2.74. The maximum Gasteiger partial charge on any atom is 0.243 e. The average molecular weight is 445 g/mol. The Balaban J connectivity index is 1.20. The molecule has 31 heavy (non-hydrogen) atoms. The molecule has 5 fully saturated rings. The van der Waals surface area contributed by atoms with Gasteiger partial charge in [0.25, 0.3) is 0 Å². The predicted molar refractivity (Wildman–Crippen MR) is 121 cm³/mol. The van der Waals surface area contributed by atoms with E-state index < -0.39 is 10.0 Å². The lowest BCUT2D eigenvalue weighted by molar-refractivity contribution is -0.125. The van der Waals surface area contributed by atoms with Crippen molar-refractivity contribution in [3.63, 3.8) is 0 Å². The van der Waals surface area contributed by atoms with Crippen molar-refractivity contribution in [3.8, 4) is 0 Å². The van der Waals surface area contributed by atoms with Crippen LogP contribution in [0.3, 0.4) is 0 Å². The molecule has 1 N–H and O–H groups in total. The minimum atomic E-state index is -3.42. The summed E-state index contributed by atoms with van der Waals surface area (Å²) in [6.07, 6.45) is 11.3. The summed E-state index contributed by atoms with van der Waals surface area (Å²) < 4.78 is 27.2. The molecule has 1 amide bonds. The molecular weight excluding hydrogens is 408 g/mol. The maximum atomic E-state index is 12.8. The van der Waals surface area contributed by atoms with E-state index in [4.69, 9.17) is 0 Å². The molecule has 1 aliphatic heterocycles. The van der Waals surface area contributed by atoms with E-state index in [1.54, 1.807) is 28.6 Å². The van der Waals surface area contributed by atoms with Crippen molar-refractivity contribution in [2.75, 3.05) is 13.1 Å². The summed E-state index contributed by atoms with van der Waals surface area (Å²) >= 11 is 0. The minimum Gasteiger partial charge on any atom is -0.353 e. The Morgan fingerprint density at radius 2 is 1.55 bits per heavy atom. The quantitative estimate of drug-likeness (QED) is 0.718. The van der Waals surface area contributed by atoms with Crippen LogP contribution >= 0.6 is 0 Å². The molecule has 6 heteroatoms. The first-order chi connectivity index (χ1) is 14.8. The molecule has 5 aliphatic rings. The highest BCUT2D eigenvalue weighted by atomic mass is 32.2. The fourth-order valence-corrected chi connectivity index (χ4v) is 8.89. The molecule has 1 saturated heterocycles. The number of benzene rings is 1. The van der Waals surface area contributed by atoms with E-state index in [1.165, 1.54) is 38.5 Å². The van der Waals surface area contributed by atoms with Crippen LogP contribution in [0.25, 0.3) is 0 Å². The summed E-state index contributed by atoms with van der Waals surface area (Å²) in [6, 6.07) is 7.13. The van der Waals surface area contributed by atoms with Crippen molar-refractivity contribution in [2.45, 2.75) is 82.1 Å². The molecule has 1 heterocycles. The molecule has 0 aromatic heterocycles. The van der Waals surface area contributed by atoms with E-state index >= 15 is 0 Å². The van der Waals surface area contributed by atoms with Crippen LogP contribution in [0.2, 0.25) is 0 Å². The van der Waals surface area contributed by atoms with Crippen molar-refractivity contribution in [3.05, 3.63) is 29.8 Å². The largest absolute Gasteiger partial charge is 0.353 e. The third-order valence-corrected chi connectivity index (χ3v) is 10.5. The Labute approximate surface area is 187 Å². The van der Waals surface area contributed by atoms with Gasteiger partial charge in [-0.05, 0) is 99.2 Å². The fraction of sp³-hybridized carbons (Fsp3) is 0.720. The van der Waals surface area contributed by atoms with Gasteiger partial charge in [-0.2, -0.15) is 4.31 Å². The molecule has 0 spiro atoms. The summed E-state index contributed by atoms with van der Waals surface area (Å²) in [6.45, 7) is 3.42. The third-order valence-electron chi connectivity index (χ3n) is 8.62. The van der Waals surface area contributed by atoms with Crippen LogP contribution in [-0.4, -0.2) is 37.8 Å². The second kappa shape index (κ2) is 8.18. The van der Waals surface area contributed by atoms with Crippen LogP contribution in [0.4, 0.5) is 0 Å². The van der Waals surface area contributed by atoms with Crippen molar-refractivity contribution in [1.29, 1.82) is 0 Å². The first kappa shape index (κ1) is 21.4. The van der Waals surface area contributed by atoms with Gasteiger partial charge in [0.1, 0.15) is 0 Å². The Hall–Kier alpha value is -1.40. The predicted octanol–water partition coefficient (Wildman–Crippen LogP) is 4.12. The summed E-state index contributed by atoms with van der Waals surface area (Å²) in [7, 11) is -3.42. The first-order valence-electron chi connectivity index (χ1n) is 12.2. The molecule has 4 bridgehead atoms. The summed E-state index contributed by atoms with van der Waals surface area (Å²) in [5, 5.41) is 3.32. The van der Waals surface area contributed by atoms with Crippen molar-refractivity contribution >= 4 is 15.9 Å². The van der Waals surface area contributed by atoms with Crippen LogP contribution in [0.1, 0.15) is 70.3 Å². The summed E-state index contributed by atoms with van der Waals surface area (Å²) in [5.41, 5.74) is 1.17. The van der Waals surface area contributed by atoms with Gasteiger partial charge in [0.15, 0.2) is 0 Å². The number of nitrogens with zero attached hydrogens (tertiary/aromatic N) is 1. The fourth-order valence-electron chi connectivity index (χ4n) is 7.37. The molecule has 4 aliphatic carbocycles. The second-order valence-corrected chi connectivity index (χ2v) is 12.8. The smallest absolute Gasteiger partial charge is 0.243 e. The lowest BCUT2D eigenvalue weighted by Crippen LogP contribution is -2.56. The highest BCUT2D eigenvalue weighted by Crippen LogP contribution is 2.61. The van der Waals surface area contributed by atoms with Gasteiger partial charge >= 0.3 is 0 Å². The van der Waals surface area contributed by atoms with Crippen LogP contribution in [0, 0.1) is 23.2 Å². The van der Waals surface area contributed by atoms with E-state index in [1.807, 2.05) is 0 Å². The number of carbonyl (C=O) groups excluding carboxylic acids is 1. The van der Waals surface area contributed by atoms with Crippen LogP contribution in [0.5, 0.6) is 0 Å². The number of hydrogen-bond acceptors (Lipinski definition) is 3. The molecule has 0 radical (unpaired) electrons. The van der Waals surface area contributed by atoms with Gasteiger partial charge in [-0.3, -0.25) is 4.79 Å². The van der Waals surface area contributed by atoms with Crippen LogP contribution < -0.4 is 5.32 Å². The number of carbonyl (C=O) groups is 1. The zero-order valence-corrected chi connectivity index (χ0v) is 19.5. The number of amides is 1. The molecular formula is C25H36N2O3S. The number of rotatable bonds is 6. The SMILES string of the molecule is CC(NC(=O)Cc1ccc(S(=O)(=O)N2CCCCC2)cc1)C12CC3CC(CC(C3)C1)C2. The number of sulfonamides is 1. The Morgan fingerprint density at radius 3 is 2.10 bits per heavy atom. The molecule has 1 aromatic carbocycles. The second-order valence-electron chi connectivity index (χ2n) is 10.9. The lowest BCUT2D eigenvalue weighted by atomic mass is 9.48. The third kappa shape index (κ3) is 4.18. The summed E-state index contributed by atoms with van der Waals surface area (Å²) in [5.74, 6) is 2.68. The van der Waals surface area contributed by atoms with Gasteiger partial charge in [-0.25, -0.2) is 8.42 Å². The molecule has 170 valence electrons. The normalized spacial score (nSPS) is 33.9. The molecule has 6 rings (SSSR count). The maximum absolute atomic E-state index is 12.8. The van der Waals surface area contributed by atoms with E-state index in [2.05, 4.69) is 12.2 Å². The monoisotopic (exact) mass is 444 g/mol. The summed E-state index contributed by atoms with van der Waals surface area (Å²) in [4.78, 5) is 13.1. The van der Waals surface area contributed by atoms with Crippen molar-refractivity contribution in [1.82, 2.24) is 9.62 Å². The topological polar surface area (TPSA) is 66.5 Å². The lowest BCUT2D eigenvalue weighted by Gasteiger charge is -2.59. The van der Waals surface area contributed by atoms with Gasteiger partial charge in [0.2, 0.25) is 15.9 Å². The van der Waals surface area contributed by atoms with E-state index in [9.17, 15) is 13.2 Å². The van der Waals surface area contributed by atoms with E-state index in [0.717, 1.165) is 42.6 Å². The molecule has 4 saturated carbocycles. The number of piperidine rings is 1. The molecule has 5 nitrogen and oxygen atoms in total. The zero-order chi connectivity index (χ0) is 21.6. The molecule has 1 unspecified atom stereocenters. The van der Waals surface area contributed by atoms with Crippen LogP contribution in [0.15, 0.2) is 29.2 Å². The Bertz CT molecular complexity index is 883. The van der Waals surface area contributed by atoms with Crippen molar-refractivity contribution in [2.24, 2.45) is 23.2 Å². The highest BCUT2D eigenvalue weighted by Gasteiger charge is 2.53.